The van der Waals surface area contributed by atoms with Gasteiger partial charge in [-0.05, 0) is 24.6 Å². The normalized spacial score (nSPS) is 10.4. The summed E-state index contributed by atoms with van der Waals surface area (Å²) in [6.07, 6.45) is 0. The number of thiazole rings is 1. The first kappa shape index (κ1) is 12.8. The molecule has 0 unspecified atom stereocenters. The lowest BCUT2D eigenvalue weighted by molar-refractivity contribution is 0.619. The van der Waals surface area contributed by atoms with E-state index in [0.29, 0.717) is 27.0 Å². The number of nitrogens with two attached hydrogens (primary N) is 2. The van der Waals surface area contributed by atoms with Crippen LogP contribution in [0.1, 0.15) is 5.56 Å². The second-order valence-electron chi connectivity index (χ2n) is 3.63. The van der Waals surface area contributed by atoms with Crippen molar-refractivity contribution in [1.29, 1.82) is 0 Å². The quantitative estimate of drug-likeness (QED) is 0.657. The maximum Gasteiger partial charge on any atom is 0.212 e. The van der Waals surface area contributed by atoms with Gasteiger partial charge in [0.1, 0.15) is 5.82 Å². The Morgan fingerprint density at radius 2 is 2.17 bits per heavy atom. The van der Waals surface area contributed by atoms with E-state index in [1.807, 2.05) is 0 Å². The molecule has 1 heterocycles. The second kappa shape index (κ2) is 4.91. The summed E-state index contributed by atoms with van der Waals surface area (Å²) in [6, 6.07) is 2.91. The van der Waals surface area contributed by atoms with Crippen LogP contribution in [0.2, 0.25) is 5.02 Å². The van der Waals surface area contributed by atoms with Gasteiger partial charge >= 0.3 is 0 Å². The third-order valence-electron chi connectivity index (χ3n) is 2.24. The highest BCUT2D eigenvalue weighted by Gasteiger charge is 2.11. The molecule has 1 aromatic heterocycles. The summed E-state index contributed by atoms with van der Waals surface area (Å²) in [5, 5.41) is 2.50. The summed E-state index contributed by atoms with van der Waals surface area (Å²) in [7, 11) is 0. The molecule has 0 aliphatic rings. The molecule has 4 nitrogen and oxygen atoms in total. The Morgan fingerprint density at radius 1 is 1.44 bits per heavy atom. The van der Waals surface area contributed by atoms with E-state index in [9.17, 15) is 4.39 Å². The topological polar surface area (TPSA) is 77.3 Å². The fourth-order valence-corrected chi connectivity index (χ4v) is 2.36. The highest BCUT2D eigenvalue weighted by molar-refractivity contribution is 7.13. The van der Waals surface area contributed by atoms with Crippen LogP contribution in [0.4, 0.5) is 9.52 Å². The zero-order valence-corrected chi connectivity index (χ0v) is 11.0. The first-order valence-corrected chi connectivity index (χ1v) is 6.24. The van der Waals surface area contributed by atoms with Gasteiger partial charge in [-0.15, -0.1) is 11.3 Å². The van der Waals surface area contributed by atoms with E-state index in [1.165, 1.54) is 17.4 Å². The maximum atomic E-state index is 13.3. The molecule has 2 aromatic rings. The Hall–Kier alpha value is -1.66. The average molecular weight is 285 g/mol. The van der Waals surface area contributed by atoms with Crippen LogP contribution in [0.3, 0.4) is 0 Å². The third kappa shape index (κ3) is 2.60. The van der Waals surface area contributed by atoms with Crippen molar-refractivity contribution in [1.82, 2.24) is 4.98 Å². The minimum atomic E-state index is -0.344. The van der Waals surface area contributed by atoms with Gasteiger partial charge in [-0.25, -0.2) is 9.37 Å². The van der Waals surface area contributed by atoms with Crippen LogP contribution in [-0.4, -0.2) is 10.9 Å². The van der Waals surface area contributed by atoms with Crippen LogP contribution in [0.5, 0.6) is 0 Å². The fraction of sp³-hybridized carbons (Fsp3) is 0.0909. The zero-order chi connectivity index (χ0) is 13.3. The predicted octanol–water partition coefficient (Wildman–Crippen LogP) is 2.82. The van der Waals surface area contributed by atoms with Crippen molar-refractivity contribution in [2.75, 3.05) is 0 Å². The summed E-state index contributed by atoms with van der Waals surface area (Å²) >= 11 is 7.27. The highest BCUT2D eigenvalue weighted by atomic mass is 35.5. The highest BCUT2D eigenvalue weighted by Crippen LogP contribution is 2.33. The Bertz CT molecular complexity index is 620. The van der Waals surface area contributed by atoms with Gasteiger partial charge in [0.15, 0.2) is 5.96 Å². The fourth-order valence-electron chi connectivity index (χ4n) is 1.40. The molecule has 0 fully saturated rings. The molecule has 0 saturated heterocycles. The first-order chi connectivity index (χ1) is 8.47. The summed E-state index contributed by atoms with van der Waals surface area (Å²) in [6.45, 7) is 1.67. The Labute approximate surface area is 112 Å². The average Bonchev–Trinajstić information content (AvgIpc) is 2.70. The van der Waals surface area contributed by atoms with Gasteiger partial charge in [-0.3, -0.25) is 0 Å². The van der Waals surface area contributed by atoms with Gasteiger partial charge in [0, 0.05) is 10.9 Å². The summed E-state index contributed by atoms with van der Waals surface area (Å²) in [5.74, 6) is -0.402. The minimum Gasteiger partial charge on any atom is -0.370 e. The minimum absolute atomic E-state index is 0.0581. The zero-order valence-electron chi connectivity index (χ0n) is 9.45. The van der Waals surface area contributed by atoms with Crippen LogP contribution in [0.25, 0.3) is 11.3 Å². The van der Waals surface area contributed by atoms with Gasteiger partial charge in [0.05, 0.1) is 10.7 Å². The molecule has 0 bridgehead atoms. The Morgan fingerprint density at radius 3 is 2.83 bits per heavy atom. The summed E-state index contributed by atoms with van der Waals surface area (Å²) < 4.78 is 13.3. The monoisotopic (exact) mass is 284 g/mol. The number of guanidine groups is 1. The number of hydrogen-bond donors (Lipinski definition) is 2. The molecule has 7 heteroatoms. The van der Waals surface area contributed by atoms with E-state index in [-0.39, 0.29) is 11.8 Å². The lowest BCUT2D eigenvalue weighted by atomic mass is 10.1. The van der Waals surface area contributed by atoms with Crippen molar-refractivity contribution in [2.24, 2.45) is 16.5 Å². The number of aromatic nitrogens is 1. The van der Waals surface area contributed by atoms with Crippen molar-refractivity contribution in [2.45, 2.75) is 6.92 Å². The Kier molecular flexibility index (Phi) is 3.49. The van der Waals surface area contributed by atoms with E-state index in [2.05, 4.69) is 9.98 Å². The van der Waals surface area contributed by atoms with Crippen molar-refractivity contribution in [3.63, 3.8) is 0 Å². The third-order valence-corrected chi connectivity index (χ3v) is 3.29. The molecule has 0 atom stereocenters. The number of rotatable bonds is 2. The van der Waals surface area contributed by atoms with Gasteiger partial charge in [0.25, 0.3) is 0 Å². The number of aliphatic imine (C=N–C) groups is 1. The summed E-state index contributed by atoms with van der Waals surface area (Å²) in [5.41, 5.74) is 12.3. The van der Waals surface area contributed by atoms with E-state index >= 15 is 0 Å². The SMILES string of the molecule is Cc1cc(-c2csc(N=C(N)N)n2)c(Cl)cc1F. The molecule has 18 heavy (non-hydrogen) atoms. The van der Waals surface area contributed by atoms with Crippen molar-refractivity contribution in [3.05, 3.63) is 33.9 Å². The van der Waals surface area contributed by atoms with Gasteiger partial charge < -0.3 is 11.5 Å². The van der Waals surface area contributed by atoms with Crippen LogP contribution >= 0.6 is 22.9 Å². The molecule has 2 rings (SSSR count). The number of aryl methyl sites for hydroxylation is 1. The largest absolute Gasteiger partial charge is 0.370 e. The van der Waals surface area contributed by atoms with E-state index in [1.54, 1.807) is 18.4 Å². The van der Waals surface area contributed by atoms with Crippen LogP contribution in [0, 0.1) is 12.7 Å². The van der Waals surface area contributed by atoms with Crippen LogP contribution in [-0.2, 0) is 0 Å². The van der Waals surface area contributed by atoms with E-state index < -0.39 is 0 Å². The molecule has 0 aliphatic heterocycles. The number of hydrogen-bond acceptors (Lipinski definition) is 3. The molecule has 0 aliphatic carbocycles. The van der Waals surface area contributed by atoms with E-state index in [0.717, 1.165) is 0 Å². The predicted molar refractivity (Wildman–Crippen MR) is 72.7 cm³/mol. The Balaban J connectivity index is 2.46. The molecular formula is C11H10ClFN4S. The molecule has 0 spiro atoms. The van der Waals surface area contributed by atoms with Crippen molar-refractivity contribution < 1.29 is 4.39 Å². The molecule has 0 saturated carbocycles. The molecule has 94 valence electrons. The molecule has 4 N–H and O–H groups in total. The van der Waals surface area contributed by atoms with Crippen LogP contribution < -0.4 is 11.5 Å². The van der Waals surface area contributed by atoms with E-state index in [4.69, 9.17) is 23.1 Å². The first-order valence-electron chi connectivity index (χ1n) is 4.98. The smallest absolute Gasteiger partial charge is 0.212 e. The number of nitrogens with zero attached hydrogens (tertiary/aromatic N) is 2. The molecule has 1 aromatic carbocycles. The van der Waals surface area contributed by atoms with Gasteiger partial charge in [0.2, 0.25) is 5.13 Å². The van der Waals surface area contributed by atoms with Crippen LogP contribution in [0.15, 0.2) is 22.5 Å². The lowest BCUT2D eigenvalue weighted by Gasteiger charge is -2.03. The van der Waals surface area contributed by atoms with Crippen molar-refractivity contribution in [3.8, 4) is 11.3 Å². The number of halogens is 2. The maximum absolute atomic E-state index is 13.3. The van der Waals surface area contributed by atoms with Crippen molar-refractivity contribution >= 4 is 34.0 Å². The van der Waals surface area contributed by atoms with Gasteiger partial charge in [-0.1, -0.05) is 11.6 Å². The number of benzene rings is 1. The molecule has 0 amide bonds. The standard InChI is InChI=1S/C11H10ClFN4S/c1-5-2-6(7(12)3-8(5)13)9-4-18-11(16-9)17-10(14)15/h2-4H,1H3,(H4,14,15,16,17). The molecule has 0 radical (unpaired) electrons. The summed E-state index contributed by atoms with van der Waals surface area (Å²) in [4.78, 5) is 8.05. The second-order valence-corrected chi connectivity index (χ2v) is 4.88. The lowest BCUT2D eigenvalue weighted by Crippen LogP contribution is -2.21. The molecular weight excluding hydrogens is 275 g/mol. The van der Waals surface area contributed by atoms with Gasteiger partial charge in [-0.2, -0.15) is 4.99 Å².